The maximum Gasteiger partial charge on any atom is 0.244 e. The molecule has 146 valence electrons. The molecule has 0 unspecified atom stereocenters. The lowest BCUT2D eigenvalue weighted by molar-refractivity contribution is -0.122. The van der Waals surface area contributed by atoms with E-state index in [1.807, 2.05) is 30.3 Å². The third kappa shape index (κ3) is 5.78. The number of hydrogen-bond acceptors (Lipinski definition) is 5. The Bertz CT molecular complexity index is 869. The fourth-order valence-electron chi connectivity index (χ4n) is 2.58. The average molecular weight is 392 g/mol. The fraction of sp³-hybridized carbons (Fsp3) is 0.316. The van der Waals surface area contributed by atoms with Crippen LogP contribution in [0.3, 0.4) is 0 Å². The number of carbonyl (C=O) groups excluding carboxylic acids is 1. The van der Waals surface area contributed by atoms with Gasteiger partial charge in [-0.3, -0.25) is 4.79 Å². The third-order valence-electron chi connectivity index (χ3n) is 3.92. The minimum absolute atomic E-state index is 0.0296. The molecule has 8 heteroatoms. The zero-order valence-corrected chi connectivity index (χ0v) is 16.1. The molecule has 0 aliphatic heterocycles. The third-order valence-corrected chi connectivity index (χ3v) is 5.41. The molecule has 0 saturated heterocycles. The maximum atomic E-state index is 12.9. The van der Waals surface area contributed by atoms with Crippen molar-refractivity contribution in [2.45, 2.75) is 24.3 Å². The quantitative estimate of drug-likeness (QED) is 0.591. The van der Waals surface area contributed by atoms with Crippen LogP contribution < -0.4 is 14.8 Å². The van der Waals surface area contributed by atoms with Crippen LogP contribution in [-0.2, 0) is 21.2 Å². The summed E-state index contributed by atoms with van der Waals surface area (Å²) in [6.45, 7) is 1.58. The number of ether oxygens (including phenoxy) is 1. The van der Waals surface area contributed by atoms with Crippen LogP contribution in [0, 0.1) is 6.92 Å². The van der Waals surface area contributed by atoms with Gasteiger partial charge in [0.1, 0.15) is 16.7 Å². The summed E-state index contributed by atoms with van der Waals surface area (Å²) in [5.41, 5.74) is 1.56. The number of aliphatic hydroxyl groups excluding tert-OH is 1. The summed E-state index contributed by atoms with van der Waals surface area (Å²) in [5, 5.41) is 11.4. The normalized spacial score (nSPS) is 12.4. The highest BCUT2D eigenvalue weighted by Gasteiger charge is 2.28. The van der Waals surface area contributed by atoms with Crippen LogP contribution in [0.4, 0.5) is 0 Å². The Morgan fingerprint density at radius 2 is 1.89 bits per heavy atom. The van der Waals surface area contributed by atoms with Gasteiger partial charge in [0.25, 0.3) is 0 Å². The van der Waals surface area contributed by atoms with Gasteiger partial charge in [-0.25, -0.2) is 8.42 Å². The first kappa shape index (κ1) is 20.9. The van der Waals surface area contributed by atoms with Crippen molar-refractivity contribution in [3.8, 4) is 5.75 Å². The molecule has 0 saturated carbocycles. The van der Waals surface area contributed by atoms with Gasteiger partial charge < -0.3 is 15.2 Å². The molecule has 0 aliphatic carbocycles. The second-order valence-corrected chi connectivity index (χ2v) is 7.71. The Morgan fingerprint density at radius 1 is 1.19 bits per heavy atom. The molecule has 2 rings (SSSR count). The van der Waals surface area contributed by atoms with Crippen molar-refractivity contribution in [3.63, 3.8) is 0 Å². The second-order valence-electron chi connectivity index (χ2n) is 6.03. The summed E-state index contributed by atoms with van der Waals surface area (Å²) in [6, 6.07) is 12.9. The van der Waals surface area contributed by atoms with Crippen LogP contribution >= 0.6 is 0 Å². The minimum Gasteiger partial charge on any atom is -0.495 e. The Kier molecular flexibility index (Phi) is 7.35. The van der Waals surface area contributed by atoms with Gasteiger partial charge in [-0.1, -0.05) is 36.4 Å². The van der Waals surface area contributed by atoms with Crippen molar-refractivity contribution in [3.05, 3.63) is 59.7 Å². The van der Waals surface area contributed by atoms with E-state index in [0.29, 0.717) is 0 Å². The van der Waals surface area contributed by atoms with Crippen LogP contribution in [0.5, 0.6) is 5.75 Å². The zero-order valence-electron chi connectivity index (χ0n) is 15.3. The van der Waals surface area contributed by atoms with E-state index >= 15 is 0 Å². The smallest absolute Gasteiger partial charge is 0.244 e. The van der Waals surface area contributed by atoms with Crippen LogP contribution in [0.2, 0.25) is 0 Å². The predicted molar refractivity (Wildman–Crippen MR) is 102 cm³/mol. The topological polar surface area (TPSA) is 105 Å². The molecule has 0 bridgehead atoms. The molecule has 27 heavy (non-hydrogen) atoms. The van der Waals surface area contributed by atoms with Crippen molar-refractivity contribution in [2.75, 3.05) is 20.3 Å². The number of amides is 1. The molecular formula is C19H24N2O5S. The van der Waals surface area contributed by atoms with E-state index in [0.717, 1.165) is 11.1 Å². The van der Waals surface area contributed by atoms with Gasteiger partial charge in [0.2, 0.25) is 15.9 Å². The van der Waals surface area contributed by atoms with E-state index in [1.54, 1.807) is 19.1 Å². The molecule has 0 fully saturated rings. The SMILES string of the molecule is COc1ccc(C)cc1S(=O)(=O)N[C@H](Cc1ccccc1)C(=O)NCCO. The lowest BCUT2D eigenvalue weighted by Crippen LogP contribution is -2.48. The molecule has 1 atom stereocenters. The number of rotatable bonds is 9. The number of nitrogens with one attached hydrogen (secondary N) is 2. The highest BCUT2D eigenvalue weighted by atomic mass is 32.2. The molecule has 0 radical (unpaired) electrons. The van der Waals surface area contributed by atoms with Gasteiger partial charge in [-0.15, -0.1) is 0 Å². The molecule has 3 N–H and O–H groups in total. The van der Waals surface area contributed by atoms with Crippen molar-refractivity contribution < 1.29 is 23.1 Å². The summed E-state index contributed by atoms with van der Waals surface area (Å²) < 4.78 is 33.5. The molecule has 2 aromatic carbocycles. The highest BCUT2D eigenvalue weighted by molar-refractivity contribution is 7.89. The van der Waals surface area contributed by atoms with Gasteiger partial charge in [0, 0.05) is 6.54 Å². The molecule has 2 aromatic rings. The fourth-order valence-corrected chi connectivity index (χ4v) is 4.03. The van der Waals surface area contributed by atoms with Gasteiger partial charge in [0.15, 0.2) is 0 Å². The highest BCUT2D eigenvalue weighted by Crippen LogP contribution is 2.25. The molecule has 0 heterocycles. The zero-order chi connectivity index (χ0) is 19.9. The number of methoxy groups -OCH3 is 1. The van der Waals surface area contributed by atoms with Gasteiger partial charge >= 0.3 is 0 Å². The average Bonchev–Trinajstić information content (AvgIpc) is 2.66. The van der Waals surface area contributed by atoms with Gasteiger partial charge in [-0.05, 0) is 36.6 Å². The maximum absolute atomic E-state index is 12.9. The predicted octanol–water partition coefficient (Wildman–Crippen LogP) is 1.00. The minimum atomic E-state index is -4.01. The van der Waals surface area contributed by atoms with E-state index in [4.69, 9.17) is 9.84 Å². The first-order chi connectivity index (χ1) is 12.9. The van der Waals surface area contributed by atoms with E-state index in [2.05, 4.69) is 10.0 Å². The Balaban J connectivity index is 2.32. The number of hydrogen-bond donors (Lipinski definition) is 3. The molecular weight excluding hydrogens is 368 g/mol. The standard InChI is InChI=1S/C19H24N2O5S/c1-14-8-9-17(26-2)18(12-14)27(24,25)21-16(19(23)20-10-11-22)13-15-6-4-3-5-7-15/h3-9,12,16,21-22H,10-11,13H2,1-2H3,(H,20,23)/t16-/m1/s1. The lowest BCUT2D eigenvalue weighted by atomic mass is 10.1. The van der Waals surface area contributed by atoms with E-state index in [-0.39, 0.29) is 30.2 Å². The number of carbonyl (C=O) groups is 1. The van der Waals surface area contributed by atoms with Crippen LogP contribution in [0.25, 0.3) is 0 Å². The second kappa shape index (κ2) is 9.50. The number of aryl methyl sites for hydroxylation is 1. The molecule has 0 aliphatic rings. The van der Waals surface area contributed by atoms with E-state index in [9.17, 15) is 13.2 Å². The monoisotopic (exact) mass is 392 g/mol. The first-order valence-corrected chi connectivity index (χ1v) is 9.95. The summed E-state index contributed by atoms with van der Waals surface area (Å²) in [7, 11) is -2.63. The molecule has 7 nitrogen and oxygen atoms in total. The van der Waals surface area contributed by atoms with Crippen molar-refractivity contribution in [2.24, 2.45) is 0 Å². The van der Waals surface area contributed by atoms with Crippen LogP contribution in [-0.4, -0.2) is 45.7 Å². The molecule has 0 aromatic heterocycles. The largest absolute Gasteiger partial charge is 0.495 e. The summed E-state index contributed by atoms with van der Waals surface area (Å²) >= 11 is 0. The van der Waals surface area contributed by atoms with Crippen molar-refractivity contribution in [1.29, 1.82) is 0 Å². The molecule has 1 amide bonds. The molecule has 0 spiro atoms. The Labute approximate surface area is 159 Å². The summed E-state index contributed by atoms with van der Waals surface area (Å²) in [6.07, 6.45) is 0.172. The lowest BCUT2D eigenvalue weighted by Gasteiger charge is -2.19. The Hall–Kier alpha value is -2.42. The first-order valence-electron chi connectivity index (χ1n) is 8.47. The van der Waals surface area contributed by atoms with E-state index < -0.39 is 22.0 Å². The number of aliphatic hydroxyl groups is 1. The van der Waals surface area contributed by atoms with Gasteiger partial charge in [-0.2, -0.15) is 4.72 Å². The number of benzene rings is 2. The van der Waals surface area contributed by atoms with Crippen molar-refractivity contribution >= 4 is 15.9 Å². The Morgan fingerprint density at radius 3 is 2.52 bits per heavy atom. The summed E-state index contributed by atoms with van der Waals surface area (Å²) in [5.74, 6) is -0.314. The van der Waals surface area contributed by atoms with Crippen LogP contribution in [0.1, 0.15) is 11.1 Å². The van der Waals surface area contributed by atoms with E-state index in [1.165, 1.54) is 13.2 Å². The summed E-state index contributed by atoms with van der Waals surface area (Å²) in [4.78, 5) is 12.4. The van der Waals surface area contributed by atoms with Crippen LogP contribution in [0.15, 0.2) is 53.4 Å². The van der Waals surface area contributed by atoms with Crippen molar-refractivity contribution in [1.82, 2.24) is 10.0 Å². The van der Waals surface area contributed by atoms with Gasteiger partial charge in [0.05, 0.1) is 13.7 Å². The number of sulfonamides is 1.